The second-order valence-electron chi connectivity index (χ2n) is 7.78. The second kappa shape index (κ2) is 9.68. The number of benzene rings is 2. The molecule has 9 heteroatoms. The van der Waals surface area contributed by atoms with E-state index in [2.05, 4.69) is 20.5 Å². The van der Waals surface area contributed by atoms with Crippen LogP contribution >= 0.6 is 11.8 Å². The number of carbonyl (C=O) groups excluding carboxylic acids is 1. The van der Waals surface area contributed by atoms with E-state index in [0.29, 0.717) is 23.2 Å². The van der Waals surface area contributed by atoms with Crippen molar-refractivity contribution in [2.24, 2.45) is 0 Å². The maximum absolute atomic E-state index is 13.4. The maximum atomic E-state index is 13.4. The molecule has 168 valence electrons. The van der Waals surface area contributed by atoms with E-state index in [1.54, 1.807) is 18.3 Å². The van der Waals surface area contributed by atoms with E-state index in [1.165, 1.54) is 23.9 Å². The average molecular weight is 464 g/mol. The third-order valence-corrected chi connectivity index (χ3v) is 6.44. The van der Waals surface area contributed by atoms with Crippen LogP contribution in [0.1, 0.15) is 12.8 Å². The Hall–Kier alpha value is -3.30. The molecule has 1 atom stereocenters. The lowest BCUT2D eigenvalue weighted by molar-refractivity contribution is -0.113. The van der Waals surface area contributed by atoms with Crippen molar-refractivity contribution < 1.29 is 13.9 Å². The molecule has 0 radical (unpaired) electrons. The van der Waals surface area contributed by atoms with Crippen molar-refractivity contribution in [3.8, 4) is 11.4 Å². The summed E-state index contributed by atoms with van der Waals surface area (Å²) in [5, 5.41) is 13.2. The molecule has 3 heterocycles. The van der Waals surface area contributed by atoms with Gasteiger partial charge >= 0.3 is 0 Å². The molecule has 0 aliphatic carbocycles. The molecule has 2 aromatic carbocycles. The Morgan fingerprint density at radius 1 is 1.15 bits per heavy atom. The van der Waals surface area contributed by atoms with Gasteiger partial charge in [-0.05, 0) is 49.2 Å². The summed E-state index contributed by atoms with van der Waals surface area (Å²) in [6.07, 6.45) is 3.75. The number of rotatable bonds is 7. The van der Waals surface area contributed by atoms with Gasteiger partial charge in [0, 0.05) is 23.8 Å². The number of para-hydroxylation sites is 1. The van der Waals surface area contributed by atoms with Gasteiger partial charge in [-0.25, -0.2) is 4.39 Å². The van der Waals surface area contributed by atoms with Gasteiger partial charge < -0.3 is 10.1 Å². The van der Waals surface area contributed by atoms with Gasteiger partial charge in [0.05, 0.1) is 29.6 Å². The Kier molecular flexibility index (Phi) is 6.32. The minimum atomic E-state index is -0.307. The number of nitrogens with zero attached hydrogens (tertiary/aromatic N) is 4. The summed E-state index contributed by atoms with van der Waals surface area (Å²) in [5.74, 6) is 0.328. The molecule has 1 fully saturated rings. The lowest BCUT2D eigenvalue weighted by Crippen LogP contribution is -2.18. The summed E-state index contributed by atoms with van der Waals surface area (Å²) in [5.41, 5.74) is 2.19. The number of pyridine rings is 1. The van der Waals surface area contributed by atoms with Crippen LogP contribution in [0.3, 0.4) is 0 Å². The van der Waals surface area contributed by atoms with Gasteiger partial charge in [0.1, 0.15) is 5.82 Å². The minimum absolute atomic E-state index is 0.0649. The zero-order chi connectivity index (χ0) is 22.6. The topological polar surface area (TPSA) is 81.9 Å². The fourth-order valence-corrected chi connectivity index (χ4v) is 4.63. The highest BCUT2D eigenvalue weighted by atomic mass is 32.2. The van der Waals surface area contributed by atoms with Crippen molar-refractivity contribution in [3.05, 3.63) is 66.6 Å². The second-order valence-corrected chi connectivity index (χ2v) is 8.72. The fraction of sp³-hybridized carbons (Fsp3) is 0.250. The molecule has 1 amide bonds. The molecule has 0 spiro atoms. The highest BCUT2D eigenvalue weighted by molar-refractivity contribution is 7.99. The van der Waals surface area contributed by atoms with Gasteiger partial charge in [0.15, 0.2) is 11.0 Å². The third-order valence-electron chi connectivity index (χ3n) is 5.47. The summed E-state index contributed by atoms with van der Waals surface area (Å²) in [6.45, 7) is 1.32. The summed E-state index contributed by atoms with van der Waals surface area (Å²) in [4.78, 5) is 17.1. The van der Waals surface area contributed by atoms with Crippen molar-refractivity contribution in [2.45, 2.75) is 30.6 Å². The quantitative estimate of drug-likeness (QED) is 0.405. The largest absolute Gasteiger partial charge is 0.376 e. The summed E-state index contributed by atoms with van der Waals surface area (Å²) < 4.78 is 21.2. The van der Waals surface area contributed by atoms with Crippen LogP contribution in [-0.4, -0.2) is 44.1 Å². The molecule has 0 unspecified atom stereocenters. The van der Waals surface area contributed by atoms with E-state index < -0.39 is 0 Å². The van der Waals surface area contributed by atoms with E-state index in [4.69, 9.17) is 4.74 Å². The molecule has 5 rings (SSSR count). The molecular formula is C24H22FN5O2S. The fourth-order valence-electron chi connectivity index (χ4n) is 3.89. The van der Waals surface area contributed by atoms with Crippen LogP contribution in [0.25, 0.3) is 22.3 Å². The van der Waals surface area contributed by atoms with Gasteiger partial charge in [-0.2, -0.15) is 0 Å². The van der Waals surface area contributed by atoms with Gasteiger partial charge in [0.25, 0.3) is 0 Å². The average Bonchev–Trinajstić information content (AvgIpc) is 3.49. The first-order chi connectivity index (χ1) is 16.2. The molecule has 1 aliphatic heterocycles. The number of amides is 1. The van der Waals surface area contributed by atoms with Crippen molar-refractivity contribution in [1.82, 2.24) is 19.7 Å². The summed E-state index contributed by atoms with van der Waals surface area (Å²) in [6, 6.07) is 15.7. The van der Waals surface area contributed by atoms with Crippen LogP contribution in [0.2, 0.25) is 0 Å². The molecule has 0 bridgehead atoms. The number of nitrogens with one attached hydrogen (secondary N) is 1. The van der Waals surface area contributed by atoms with Crippen LogP contribution < -0.4 is 5.32 Å². The zero-order valence-corrected chi connectivity index (χ0v) is 18.6. The number of anilines is 1. The van der Waals surface area contributed by atoms with Crippen LogP contribution in [0.4, 0.5) is 10.1 Å². The van der Waals surface area contributed by atoms with Gasteiger partial charge in [-0.15, -0.1) is 10.2 Å². The molecule has 7 nitrogen and oxygen atoms in total. The lowest BCUT2D eigenvalue weighted by Gasteiger charge is -2.15. The van der Waals surface area contributed by atoms with Gasteiger partial charge in [-0.3, -0.25) is 14.3 Å². The van der Waals surface area contributed by atoms with Gasteiger partial charge in [0.2, 0.25) is 5.91 Å². The number of carbonyl (C=O) groups is 1. The Morgan fingerprint density at radius 2 is 2.00 bits per heavy atom. The Bertz CT molecular complexity index is 1270. The molecule has 2 aromatic heterocycles. The van der Waals surface area contributed by atoms with Crippen LogP contribution in [0, 0.1) is 5.82 Å². The van der Waals surface area contributed by atoms with Crippen molar-refractivity contribution >= 4 is 34.3 Å². The number of hydrogen-bond donors (Lipinski definition) is 1. The maximum Gasteiger partial charge on any atom is 0.234 e. The highest BCUT2D eigenvalue weighted by Crippen LogP contribution is 2.27. The van der Waals surface area contributed by atoms with E-state index in [9.17, 15) is 9.18 Å². The SMILES string of the molecule is O=C(CSc1nnc(-c2ccc(F)cc2)n1C[C@@H]1CCCO1)Nc1cccc2cccnc12. The van der Waals surface area contributed by atoms with E-state index in [1.807, 2.05) is 34.9 Å². The first-order valence-corrected chi connectivity index (χ1v) is 11.7. The van der Waals surface area contributed by atoms with E-state index in [0.717, 1.165) is 35.9 Å². The monoisotopic (exact) mass is 463 g/mol. The first-order valence-electron chi connectivity index (χ1n) is 10.7. The number of fused-ring (bicyclic) bond motifs is 1. The molecule has 0 saturated carbocycles. The lowest BCUT2D eigenvalue weighted by atomic mass is 10.2. The van der Waals surface area contributed by atoms with Crippen LogP contribution in [0.5, 0.6) is 0 Å². The standard InChI is InChI=1S/C24H22FN5O2S/c25-18-10-8-17(9-11-18)23-28-29-24(30(23)14-19-6-3-13-32-19)33-15-21(31)27-20-7-1-4-16-5-2-12-26-22(16)20/h1-2,4-5,7-12,19H,3,6,13-15H2,(H,27,31)/t19-/m0/s1. The Labute approximate surface area is 194 Å². The summed E-state index contributed by atoms with van der Waals surface area (Å²) >= 11 is 1.31. The van der Waals surface area contributed by atoms with Gasteiger partial charge in [-0.1, -0.05) is 30.0 Å². The number of ether oxygens (including phenoxy) is 1. The van der Waals surface area contributed by atoms with E-state index in [-0.39, 0.29) is 23.6 Å². The molecule has 1 saturated heterocycles. The Morgan fingerprint density at radius 3 is 2.82 bits per heavy atom. The zero-order valence-electron chi connectivity index (χ0n) is 17.8. The van der Waals surface area contributed by atoms with Crippen molar-refractivity contribution in [3.63, 3.8) is 0 Å². The van der Waals surface area contributed by atoms with Crippen molar-refractivity contribution in [2.75, 3.05) is 17.7 Å². The normalized spacial score (nSPS) is 15.7. The first kappa shape index (κ1) is 21.5. The smallest absolute Gasteiger partial charge is 0.234 e. The predicted molar refractivity (Wildman–Crippen MR) is 125 cm³/mol. The molecule has 4 aromatic rings. The number of halogens is 1. The highest BCUT2D eigenvalue weighted by Gasteiger charge is 2.22. The molecule has 1 N–H and O–H groups in total. The van der Waals surface area contributed by atoms with Crippen LogP contribution in [-0.2, 0) is 16.1 Å². The van der Waals surface area contributed by atoms with Crippen LogP contribution in [0.15, 0.2) is 66.0 Å². The number of aromatic nitrogens is 4. The molecular weight excluding hydrogens is 441 g/mol. The summed E-state index contributed by atoms with van der Waals surface area (Å²) in [7, 11) is 0. The third kappa shape index (κ3) is 4.89. The minimum Gasteiger partial charge on any atom is -0.376 e. The number of thioether (sulfide) groups is 1. The molecule has 33 heavy (non-hydrogen) atoms. The van der Waals surface area contributed by atoms with Crippen molar-refractivity contribution in [1.29, 1.82) is 0 Å². The number of hydrogen-bond acceptors (Lipinski definition) is 6. The Balaban J connectivity index is 1.34. The van der Waals surface area contributed by atoms with E-state index >= 15 is 0 Å². The molecule has 1 aliphatic rings. The predicted octanol–water partition coefficient (Wildman–Crippen LogP) is 4.54.